The van der Waals surface area contributed by atoms with E-state index >= 15 is 0 Å². The van der Waals surface area contributed by atoms with Crippen LogP contribution < -0.4 is 9.47 Å². The van der Waals surface area contributed by atoms with Gasteiger partial charge in [0.05, 0.1) is 5.56 Å². The Morgan fingerprint density at radius 3 is 2.14 bits per heavy atom. The van der Waals surface area contributed by atoms with Crippen molar-refractivity contribution in [2.24, 2.45) is 5.92 Å². The van der Waals surface area contributed by atoms with Crippen molar-refractivity contribution < 1.29 is 23.0 Å². The first-order valence-electron chi connectivity index (χ1n) is 9.92. The number of carbonyl (C=O) groups excluding carboxylic acids is 1. The third-order valence-electron chi connectivity index (χ3n) is 5.42. The van der Waals surface area contributed by atoms with Crippen LogP contribution in [-0.2, 0) is 0 Å². The normalized spacial score (nSPS) is 19.4. The molecule has 0 atom stereocenters. The number of ether oxygens (including phenoxy) is 2. The first-order chi connectivity index (χ1) is 13.5. The SMILES string of the molecule is CCCC1CCC(c2ccc(OC(=O)c3ccc(OC(F)F)cc3)cc2)CC1. The van der Waals surface area contributed by atoms with Gasteiger partial charge in [-0.2, -0.15) is 8.78 Å². The van der Waals surface area contributed by atoms with E-state index in [4.69, 9.17) is 4.74 Å². The molecule has 0 aliphatic heterocycles. The van der Waals surface area contributed by atoms with Gasteiger partial charge >= 0.3 is 12.6 Å². The molecule has 2 aromatic rings. The zero-order valence-electron chi connectivity index (χ0n) is 16.1. The van der Waals surface area contributed by atoms with E-state index < -0.39 is 12.6 Å². The lowest BCUT2D eigenvalue weighted by Gasteiger charge is -2.28. The summed E-state index contributed by atoms with van der Waals surface area (Å²) in [6.45, 7) is -0.643. The molecule has 150 valence electrons. The largest absolute Gasteiger partial charge is 0.435 e. The van der Waals surface area contributed by atoms with E-state index in [-0.39, 0.29) is 11.3 Å². The Bertz CT molecular complexity index is 748. The van der Waals surface area contributed by atoms with E-state index in [1.54, 1.807) is 0 Å². The van der Waals surface area contributed by atoms with Crippen LogP contribution in [0.3, 0.4) is 0 Å². The van der Waals surface area contributed by atoms with Crippen molar-refractivity contribution in [1.82, 2.24) is 0 Å². The second-order valence-corrected chi connectivity index (χ2v) is 7.37. The standard InChI is InChI=1S/C23H26F2O3/c1-2-3-16-4-6-17(7-5-16)18-8-12-20(13-9-18)27-22(26)19-10-14-21(15-11-19)28-23(24)25/h8-17,23H,2-7H2,1H3. The van der Waals surface area contributed by atoms with Crippen molar-refractivity contribution in [3.05, 3.63) is 59.7 Å². The molecule has 1 fully saturated rings. The quantitative estimate of drug-likeness (QED) is 0.397. The Balaban J connectivity index is 1.54. The first kappa shape index (κ1) is 20.3. The summed E-state index contributed by atoms with van der Waals surface area (Å²) in [5, 5.41) is 0. The summed E-state index contributed by atoms with van der Waals surface area (Å²) in [5.74, 6) is 1.40. The minimum absolute atomic E-state index is 0.00422. The number of hydrogen-bond acceptors (Lipinski definition) is 3. The molecular weight excluding hydrogens is 362 g/mol. The summed E-state index contributed by atoms with van der Waals surface area (Å²) in [6, 6.07) is 13.2. The van der Waals surface area contributed by atoms with Crippen molar-refractivity contribution in [2.45, 2.75) is 58.0 Å². The summed E-state index contributed by atoms with van der Waals surface area (Å²) >= 11 is 0. The van der Waals surface area contributed by atoms with E-state index in [0.29, 0.717) is 11.7 Å². The van der Waals surface area contributed by atoms with Crippen molar-refractivity contribution in [2.75, 3.05) is 0 Å². The van der Waals surface area contributed by atoms with Gasteiger partial charge in [0.15, 0.2) is 0 Å². The highest BCUT2D eigenvalue weighted by Crippen LogP contribution is 2.37. The number of hydrogen-bond donors (Lipinski definition) is 0. The molecule has 1 aliphatic rings. The highest BCUT2D eigenvalue weighted by molar-refractivity contribution is 5.91. The van der Waals surface area contributed by atoms with Gasteiger partial charge in [-0.15, -0.1) is 0 Å². The topological polar surface area (TPSA) is 35.5 Å². The van der Waals surface area contributed by atoms with Crippen LogP contribution in [0.1, 0.15) is 67.3 Å². The fourth-order valence-corrected chi connectivity index (χ4v) is 3.94. The van der Waals surface area contributed by atoms with Crippen LogP contribution in [0.5, 0.6) is 11.5 Å². The summed E-state index contributed by atoms with van der Waals surface area (Å²) in [4.78, 5) is 12.2. The zero-order valence-corrected chi connectivity index (χ0v) is 16.1. The molecular formula is C23H26F2O3. The van der Waals surface area contributed by atoms with Gasteiger partial charge in [-0.05, 0) is 79.5 Å². The van der Waals surface area contributed by atoms with E-state index in [0.717, 1.165) is 5.92 Å². The molecule has 0 spiro atoms. The molecule has 0 aromatic heterocycles. The number of alkyl halides is 2. The molecule has 0 bridgehead atoms. The zero-order chi connectivity index (χ0) is 19.9. The summed E-state index contributed by atoms with van der Waals surface area (Å²) < 4.78 is 34.0. The van der Waals surface area contributed by atoms with Gasteiger partial charge in [0.25, 0.3) is 0 Å². The predicted octanol–water partition coefficient (Wildman–Crippen LogP) is 6.58. The van der Waals surface area contributed by atoms with Gasteiger partial charge in [-0.1, -0.05) is 31.9 Å². The van der Waals surface area contributed by atoms with E-state index in [1.165, 1.54) is 68.4 Å². The fraction of sp³-hybridized carbons (Fsp3) is 0.435. The summed E-state index contributed by atoms with van der Waals surface area (Å²) in [6.07, 6.45) is 7.61. The summed E-state index contributed by atoms with van der Waals surface area (Å²) in [5.41, 5.74) is 1.57. The van der Waals surface area contributed by atoms with E-state index in [9.17, 15) is 13.6 Å². The molecule has 0 unspecified atom stereocenters. The molecule has 1 aliphatic carbocycles. The van der Waals surface area contributed by atoms with Crippen LogP contribution in [0.2, 0.25) is 0 Å². The third kappa shape index (κ3) is 5.54. The Hall–Kier alpha value is -2.43. The highest BCUT2D eigenvalue weighted by atomic mass is 19.3. The van der Waals surface area contributed by atoms with Gasteiger partial charge < -0.3 is 9.47 Å². The smallest absolute Gasteiger partial charge is 0.387 e. The van der Waals surface area contributed by atoms with Crippen molar-refractivity contribution in [3.8, 4) is 11.5 Å². The lowest BCUT2D eigenvalue weighted by Crippen LogP contribution is -2.13. The maximum absolute atomic E-state index is 12.2. The van der Waals surface area contributed by atoms with Crippen LogP contribution in [0.15, 0.2) is 48.5 Å². The van der Waals surface area contributed by atoms with E-state index in [2.05, 4.69) is 11.7 Å². The Labute approximate surface area is 164 Å². The number of benzene rings is 2. The van der Waals surface area contributed by atoms with Crippen molar-refractivity contribution in [3.63, 3.8) is 0 Å². The van der Waals surface area contributed by atoms with Gasteiger partial charge in [0.1, 0.15) is 11.5 Å². The maximum atomic E-state index is 12.2. The lowest BCUT2D eigenvalue weighted by atomic mass is 9.77. The number of rotatable bonds is 7. The molecule has 3 rings (SSSR count). The number of esters is 1. The molecule has 2 aromatic carbocycles. The monoisotopic (exact) mass is 388 g/mol. The molecule has 3 nitrogen and oxygen atoms in total. The Kier molecular flexibility index (Phi) is 7.01. The average Bonchev–Trinajstić information content (AvgIpc) is 2.69. The van der Waals surface area contributed by atoms with Crippen LogP contribution in [0.25, 0.3) is 0 Å². The molecule has 28 heavy (non-hydrogen) atoms. The third-order valence-corrected chi connectivity index (χ3v) is 5.42. The van der Waals surface area contributed by atoms with Gasteiger partial charge in [-0.25, -0.2) is 4.79 Å². The number of carbonyl (C=O) groups is 1. The van der Waals surface area contributed by atoms with E-state index in [1.807, 2.05) is 24.3 Å². The van der Waals surface area contributed by atoms with Crippen LogP contribution in [0, 0.1) is 5.92 Å². The molecule has 0 radical (unpaired) electrons. The molecule has 1 saturated carbocycles. The lowest BCUT2D eigenvalue weighted by molar-refractivity contribution is -0.0498. The minimum atomic E-state index is -2.89. The molecule has 0 amide bonds. The first-order valence-corrected chi connectivity index (χ1v) is 9.92. The Morgan fingerprint density at radius 2 is 1.57 bits per heavy atom. The fourth-order valence-electron chi connectivity index (χ4n) is 3.94. The van der Waals surface area contributed by atoms with Crippen molar-refractivity contribution >= 4 is 5.97 Å². The van der Waals surface area contributed by atoms with Crippen LogP contribution >= 0.6 is 0 Å². The molecule has 0 saturated heterocycles. The predicted molar refractivity (Wildman–Crippen MR) is 104 cm³/mol. The van der Waals surface area contributed by atoms with Gasteiger partial charge in [-0.3, -0.25) is 0 Å². The van der Waals surface area contributed by atoms with Crippen LogP contribution in [-0.4, -0.2) is 12.6 Å². The number of halogens is 2. The molecule has 0 heterocycles. The van der Waals surface area contributed by atoms with Gasteiger partial charge in [0.2, 0.25) is 0 Å². The van der Waals surface area contributed by atoms with Crippen LogP contribution in [0.4, 0.5) is 8.78 Å². The Morgan fingerprint density at radius 1 is 0.964 bits per heavy atom. The van der Waals surface area contributed by atoms with Crippen molar-refractivity contribution in [1.29, 1.82) is 0 Å². The highest BCUT2D eigenvalue weighted by Gasteiger charge is 2.22. The molecule has 0 N–H and O–H groups in total. The average molecular weight is 388 g/mol. The summed E-state index contributed by atoms with van der Waals surface area (Å²) in [7, 11) is 0. The second kappa shape index (κ2) is 9.67. The second-order valence-electron chi connectivity index (χ2n) is 7.37. The van der Waals surface area contributed by atoms with Gasteiger partial charge in [0, 0.05) is 0 Å². The molecule has 5 heteroatoms. The minimum Gasteiger partial charge on any atom is -0.435 e. The maximum Gasteiger partial charge on any atom is 0.387 e.